The maximum atomic E-state index is 13.6. The number of halogens is 2. The molecule has 1 aromatic heterocycles. The number of carbonyl (C=O) groups is 1. The Bertz CT molecular complexity index is 1510. The van der Waals surface area contributed by atoms with Crippen molar-refractivity contribution in [2.24, 2.45) is 4.99 Å². The maximum absolute atomic E-state index is 13.6. The minimum absolute atomic E-state index is 0.186. The van der Waals surface area contributed by atoms with E-state index in [9.17, 15) is 9.59 Å². The number of aromatic nitrogens is 1. The first-order chi connectivity index (χ1) is 16.3. The molecule has 1 unspecified atom stereocenters. The first-order valence-electron chi connectivity index (χ1n) is 10.1. The van der Waals surface area contributed by atoms with Crippen LogP contribution in [0.3, 0.4) is 0 Å². The molecule has 6 nitrogen and oxygen atoms in total. The van der Waals surface area contributed by atoms with Gasteiger partial charge in [-0.05, 0) is 81.4 Å². The lowest BCUT2D eigenvalue weighted by atomic mass is 9.96. The van der Waals surface area contributed by atoms with Gasteiger partial charge < -0.3 is 9.47 Å². The second kappa shape index (κ2) is 10.5. The Balaban J connectivity index is 1.89. The van der Waals surface area contributed by atoms with Gasteiger partial charge in [-0.1, -0.05) is 47.6 Å². The highest BCUT2D eigenvalue weighted by molar-refractivity contribution is 14.1. The number of carbonyl (C=O) groups excluding carboxylic acids is 1. The van der Waals surface area contributed by atoms with Gasteiger partial charge in [0.1, 0.15) is 12.4 Å². The zero-order valence-electron chi connectivity index (χ0n) is 18.2. The molecule has 3 aromatic rings. The van der Waals surface area contributed by atoms with Crippen LogP contribution in [0.15, 0.2) is 63.5 Å². The van der Waals surface area contributed by atoms with E-state index in [4.69, 9.17) is 15.9 Å². The molecule has 1 atom stereocenters. The molecule has 9 heteroatoms. The highest BCUT2D eigenvalue weighted by Gasteiger charge is 2.32. The number of hydrogen-bond acceptors (Lipinski definition) is 6. The summed E-state index contributed by atoms with van der Waals surface area (Å²) in [6.07, 6.45) is 7.14. The average Bonchev–Trinajstić information content (AvgIpc) is 3.12. The number of ether oxygens (including phenoxy) is 2. The van der Waals surface area contributed by atoms with Gasteiger partial charge in [0.25, 0.3) is 5.56 Å². The molecule has 0 saturated heterocycles. The number of terminal acetylenes is 1. The molecule has 0 bridgehead atoms. The first kappa shape index (κ1) is 24.7. The van der Waals surface area contributed by atoms with Gasteiger partial charge >= 0.3 is 5.97 Å². The van der Waals surface area contributed by atoms with E-state index in [-0.39, 0.29) is 12.2 Å². The van der Waals surface area contributed by atoms with Gasteiger partial charge in [-0.15, -0.1) is 6.42 Å². The Morgan fingerprint density at radius 1 is 1.26 bits per heavy atom. The second-order valence-corrected chi connectivity index (χ2v) is 10.6. The van der Waals surface area contributed by atoms with E-state index < -0.39 is 12.0 Å². The van der Waals surface area contributed by atoms with Crippen LogP contribution in [0.25, 0.3) is 6.08 Å². The number of rotatable bonds is 5. The summed E-state index contributed by atoms with van der Waals surface area (Å²) < 4.78 is 14.5. The number of allylic oxidation sites excluding steroid dienone is 1. The van der Waals surface area contributed by atoms with E-state index in [0.717, 1.165) is 24.0 Å². The maximum Gasteiger partial charge on any atom is 0.338 e. The van der Waals surface area contributed by atoms with Gasteiger partial charge in [0.2, 0.25) is 0 Å². The molecule has 0 fully saturated rings. The van der Waals surface area contributed by atoms with Crippen LogP contribution in [-0.4, -0.2) is 24.3 Å². The third-order valence-electron chi connectivity index (χ3n) is 5.16. The van der Waals surface area contributed by atoms with Crippen molar-refractivity contribution >= 4 is 68.6 Å². The Hall–Kier alpha value is -2.43. The molecule has 0 radical (unpaired) electrons. The molecule has 0 spiro atoms. The quantitative estimate of drug-likeness (QED) is 0.233. The van der Waals surface area contributed by atoms with Gasteiger partial charge in [-0.3, -0.25) is 9.36 Å². The number of fused-ring (bicyclic) bond motifs is 1. The molecule has 172 valence electrons. The van der Waals surface area contributed by atoms with Crippen LogP contribution in [0, 0.1) is 19.5 Å². The average molecular weight is 696 g/mol. The van der Waals surface area contributed by atoms with E-state index in [1.54, 1.807) is 11.5 Å². The van der Waals surface area contributed by atoms with E-state index >= 15 is 0 Å². The molecule has 1 aliphatic heterocycles. The fourth-order valence-electron chi connectivity index (χ4n) is 3.71. The smallest absolute Gasteiger partial charge is 0.338 e. The number of thiazole rings is 1. The molecule has 2 aromatic carbocycles. The van der Waals surface area contributed by atoms with Crippen LogP contribution in [0.1, 0.15) is 24.1 Å². The molecule has 0 saturated carbocycles. The molecular weight excluding hydrogens is 678 g/mol. The van der Waals surface area contributed by atoms with Gasteiger partial charge in [-0.25, -0.2) is 9.79 Å². The zero-order chi connectivity index (χ0) is 24.4. The largest absolute Gasteiger partial charge is 0.479 e. The van der Waals surface area contributed by atoms with Crippen molar-refractivity contribution in [3.05, 3.63) is 91.7 Å². The van der Waals surface area contributed by atoms with E-state index in [2.05, 4.69) is 56.1 Å². The third kappa shape index (κ3) is 4.71. The summed E-state index contributed by atoms with van der Waals surface area (Å²) >= 11 is 5.67. The molecule has 1 aliphatic rings. The summed E-state index contributed by atoms with van der Waals surface area (Å²) in [5.74, 6) is 2.69. The SMILES string of the molecule is C#CCOc1c(I)cc(C=c2sc3n(c2=O)C(c2ccccc2)C(C(=O)OC)=C(C)N=3)cc1I. The van der Waals surface area contributed by atoms with Crippen molar-refractivity contribution < 1.29 is 14.3 Å². The Morgan fingerprint density at radius 3 is 2.56 bits per heavy atom. The van der Waals surface area contributed by atoms with Gasteiger partial charge in [0, 0.05) is 0 Å². The Kier molecular flexibility index (Phi) is 7.59. The standard InChI is InChI=1S/C25H18I2N2O4S/c1-4-10-33-22-17(26)11-15(12-18(22)27)13-19-23(30)29-21(16-8-6-5-7-9-16)20(24(31)32-3)14(2)28-25(29)34-19/h1,5-9,11-13,21H,10H2,2-3H3. The number of nitrogens with zero attached hydrogens (tertiary/aromatic N) is 2. The summed E-state index contributed by atoms with van der Waals surface area (Å²) in [7, 11) is 1.33. The highest BCUT2D eigenvalue weighted by Crippen LogP contribution is 2.31. The lowest BCUT2D eigenvalue weighted by molar-refractivity contribution is -0.136. The minimum Gasteiger partial charge on any atom is -0.479 e. The van der Waals surface area contributed by atoms with Crippen molar-refractivity contribution in [3.63, 3.8) is 0 Å². The highest BCUT2D eigenvalue weighted by atomic mass is 127. The monoisotopic (exact) mass is 696 g/mol. The summed E-state index contributed by atoms with van der Waals surface area (Å²) in [6, 6.07) is 12.7. The normalized spacial score (nSPS) is 15.4. The Labute approximate surface area is 227 Å². The van der Waals surface area contributed by atoms with Crippen LogP contribution in [0.5, 0.6) is 5.75 Å². The van der Waals surface area contributed by atoms with E-state index in [0.29, 0.717) is 20.6 Å². The van der Waals surface area contributed by atoms with Crippen molar-refractivity contribution in [1.82, 2.24) is 4.57 Å². The molecule has 0 N–H and O–H groups in total. The van der Waals surface area contributed by atoms with Gasteiger partial charge in [-0.2, -0.15) is 0 Å². The molecule has 0 amide bonds. The van der Waals surface area contributed by atoms with Crippen LogP contribution in [0.2, 0.25) is 0 Å². The fourth-order valence-corrected chi connectivity index (χ4v) is 6.88. The van der Waals surface area contributed by atoms with Crippen molar-refractivity contribution in [2.75, 3.05) is 13.7 Å². The molecule has 4 rings (SSSR count). The third-order valence-corrected chi connectivity index (χ3v) is 7.75. The topological polar surface area (TPSA) is 69.9 Å². The van der Waals surface area contributed by atoms with Crippen molar-refractivity contribution in [2.45, 2.75) is 13.0 Å². The summed E-state index contributed by atoms with van der Waals surface area (Å²) in [4.78, 5) is 31.4. The number of benzene rings is 2. The second-order valence-electron chi connectivity index (χ2n) is 7.29. The summed E-state index contributed by atoms with van der Waals surface area (Å²) in [5, 5.41) is 0. The van der Waals surface area contributed by atoms with Crippen LogP contribution in [-0.2, 0) is 9.53 Å². The first-order valence-corrected chi connectivity index (χ1v) is 13.0. The van der Waals surface area contributed by atoms with Crippen molar-refractivity contribution in [1.29, 1.82) is 0 Å². The predicted octanol–water partition coefficient (Wildman–Crippen LogP) is 3.63. The van der Waals surface area contributed by atoms with Crippen LogP contribution >= 0.6 is 56.5 Å². The van der Waals surface area contributed by atoms with Crippen molar-refractivity contribution in [3.8, 4) is 18.1 Å². The Morgan fingerprint density at radius 2 is 1.94 bits per heavy atom. The number of esters is 1. The lowest BCUT2D eigenvalue weighted by Gasteiger charge is -2.24. The predicted molar refractivity (Wildman–Crippen MR) is 148 cm³/mol. The number of hydrogen-bond donors (Lipinski definition) is 0. The van der Waals surface area contributed by atoms with E-state index in [1.807, 2.05) is 48.5 Å². The molecule has 2 heterocycles. The molecule has 0 aliphatic carbocycles. The zero-order valence-corrected chi connectivity index (χ0v) is 23.3. The van der Waals surface area contributed by atoms with Gasteiger partial charge in [0.05, 0.1) is 36.1 Å². The van der Waals surface area contributed by atoms with E-state index in [1.165, 1.54) is 18.4 Å². The van der Waals surface area contributed by atoms with Gasteiger partial charge in [0.15, 0.2) is 4.80 Å². The molecular formula is C25H18I2N2O4S. The fraction of sp³-hybridized carbons (Fsp3) is 0.160. The summed E-state index contributed by atoms with van der Waals surface area (Å²) in [6.45, 7) is 1.95. The molecule has 34 heavy (non-hydrogen) atoms. The number of methoxy groups -OCH3 is 1. The summed E-state index contributed by atoms with van der Waals surface area (Å²) in [5.41, 5.74) is 2.33. The van der Waals surface area contributed by atoms with Crippen LogP contribution < -0.4 is 19.6 Å². The lowest BCUT2D eigenvalue weighted by Crippen LogP contribution is -2.39. The van der Waals surface area contributed by atoms with Crippen LogP contribution in [0.4, 0.5) is 0 Å². The minimum atomic E-state index is -0.619.